The van der Waals surface area contributed by atoms with Crippen LogP contribution in [0.1, 0.15) is 46.5 Å². The van der Waals surface area contributed by atoms with E-state index in [4.69, 9.17) is 9.47 Å². The molecule has 1 N–H and O–H groups in total. The number of hydrogen-bond acceptors (Lipinski definition) is 6. The van der Waals surface area contributed by atoms with E-state index in [9.17, 15) is 14.7 Å². The van der Waals surface area contributed by atoms with Crippen molar-refractivity contribution in [3.05, 3.63) is 92.0 Å². The average molecular weight is 666 g/mol. The van der Waals surface area contributed by atoms with E-state index in [-0.39, 0.29) is 37.4 Å². The summed E-state index contributed by atoms with van der Waals surface area (Å²) in [4.78, 5) is 49.7. The van der Waals surface area contributed by atoms with Gasteiger partial charge in [-0.05, 0) is 79.8 Å². The summed E-state index contributed by atoms with van der Waals surface area (Å²) in [5, 5.41) is 12.6. The van der Waals surface area contributed by atoms with Crippen molar-refractivity contribution in [3.63, 3.8) is 0 Å². The number of anilines is 2. The number of fused-ring (bicyclic) bond motifs is 2. The first-order valence-corrected chi connectivity index (χ1v) is 17.4. The highest BCUT2D eigenvalue weighted by atomic mass is 16.5. The molecule has 0 aromatic heterocycles. The minimum atomic E-state index is -1.25. The molecule has 9 nitrogen and oxygen atoms in total. The third-order valence-corrected chi connectivity index (χ3v) is 10.9. The molecule has 1 spiro atoms. The first kappa shape index (κ1) is 34.4. The maximum atomic E-state index is 15.1. The maximum Gasteiger partial charge on any atom is 0.253 e. The lowest BCUT2D eigenvalue weighted by molar-refractivity contribution is -0.149. The van der Waals surface area contributed by atoms with Crippen molar-refractivity contribution in [3.8, 4) is 5.75 Å². The topological polar surface area (TPSA) is 99.6 Å². The predicted molar refractivity (Wildman–Crippen MR) is 192 cm³/mol. The van der Waals surface area contributed by atoms with Crippen molar-refractivity contribution in [2.75, 3.05) is 36.1 Å². The Balaban J connectivity index is 1.45. The third kappa shape index (κ3) is 5.53. The highest BCUT2D eigenvalue weighted by molar-refractivity contribution is 6.07. The molecule has 3 aromatic carbocycles. The quantitative estimate of drug-likeness (QED) is 0.215. The third-order valence-electron chi connectivity index (χ3n) is 10.9. The largest absolute Gasteiger partial charge is 0.494 e. The number of rotatable bonds is 14. The van der Waals surface area contributed by atoms with Crippen LogP contribution in [-0.4, -0.2) is 77.3 Å². The van der Waals surface area contributed by atoms with Gasteiger partial charge in [-0.25, -0.2) is 0 Å². The van der Waals surface area contributed by atoms with Crippen molar-refractivity contribution in [2.45, 2.75) is 69.7 Å². The summed E-state index contributed by atoms with van der Waals surface area (Å²) in [6.45, 7) is 14.3. The SMILES string of the molecule is C=CCN(C(=O)C1N([C@@H](CC)CO)C(=O)[C@@H]2[C@@H](C(=O)N(CC=C)c3ccc(OCC)cc3)[C@@]3(CC)CCC12O3)c1ccc2ccccc2c1. The van der Waals surface area contributed by atoms with Crippen LogP contribution in [0.3, 0.4) is 0 Å². The molecule has 9 heteroatoms. The lowest BCUT2D eigenvalue weighted by atomic mass is 9.64. The van der Waals surface area contributed by atoms with Crippen LogP contribution >= 0.6 is 0 Å². The van der Waals surface area contributed by atoms with Gasteiger partial charge in [0.1, 0.15) is 17.4 Å². The summed E-state index contributed by atoms with van der Waals surface area (Å²) in [5.74, 6) is -1.93. The second-order valence-electron chi connectivity index (χ2n) is 13.3. The van der Waals surface area contributed by atoms with E-state index < -0.39 is 35.1 Å². The molecule has 6 atom stereocenters. The molecule has 3 aliphatic rings. The van der Waals surface area contributed by atoms with Crippen LogP contribution in [0.4, 0.5) is 11.4 Å². The van der Waals surface area contributed by atoms with Gasteiger partial charge < -0.3 is 29.3 Å². The molecule has 0 radical (unpaired) electrons. The van der Waals surface area contributed by atoms with E-state index in [0.29, 0.717) is 49.4 Å². The van der Waals surface area contributed by atoms with Crippen LogP contribution < -0.4 is 14.5 Å². The molecule has 0 saturated carbocycles. The number of aliphatic hydroxyl groups is 1. The minimum Gasteiger partial charge on any atom is -0.494 e. The smallest absolute Gasteiger partial charge is 0.253 e. The summed E-state index contributed by atoms with van der Waals surface area (Å²) in [6, 6.07) is 19.4. The van der Waals surface area contributed by atoms with Crippen LogP contribution in [0.2, 0.25) is 0 Å². The van der Waals surface area contributed by atoms with Gasteiger partial charge in [0.25, 0.3) is 5.91 Å². The van der Waals surface area contributed by atoms with Crippen molar-refractivity contribution < 1.29 is 29.0 Å². The Morgan fingerprint density at radius 2 is 1.61 bits per heavy atom. The van der Waals surface area contributed by atoms with Crippen molar-refractivity contribution in [1.29, 1.82) is 0 Å². The number of carbonyl (C=O) groups excluding carboxylic acids is 3. The number of nitrogens with zero attached hydrogens (tertiary/aromatic N) is 3. The van der Waals surface area contributed by atoms with E-state index in [0.717, 1.165) is 10.8 Å². The van der Waals surface area contributed by atoms with Gasteiger partial charge >= 0.3 is 0 Å². The molecular formula is C40H47N3O6. The van der Waals surface area contributed by atoms with E-state index in [1.165, 1.54) is 0 Å². The molecule has 0 aliphatic carbocycles. The van der Waals surface area contributed by atoms with E-state index >= 15 is 4.79 Å². The first-order valence-electron chi connectivity index (χ1n) is 17.4. The number of benzene rings is 3. The number of carbonyl (C=O) groups is 3. The summed E-state index contributed by atoms with van der Waals surface area (Å²) in [5.41, 5.74) is -0.852. The number of aliphatic hydroxyl groups excluding tert-OH is 1. The fourth-order valence-electron chi connectivity index (χ4n) is 8.57. The molecule has 49 heavy (non-hydrogen) atoms. The number of amides is 3. The Morgan fingerprint density at radius 3 is 2.22 bits per heavy atom. The Bertz CT molecular complexity index is 1740. The zero-order valence-electron chi connectivity index (χ0n) is 28.7. The van der Waals surface area contributed by atoms with Crippen LogP contribution in [0.5, 0.6) is 5.75 Å². The van der Waals surface area contributed by atoms with Crippen LogP contribution in [0.15, 0.2) is 92.0 Å². The molecule has 3 amide bonds. The van der Waals surface area contributed by atoms with Gasteiger partial charge in [0.15, 0.2) is 0 Å². The molecular weight excluding hydrogens is 618 g/mol. The highest BCUT2D eigenvalue weighted by Crippen LogP contribution is 2.65. The fourth-order valence-corrected chi connectivity index (χ4v) is 8.57. The van der Waals surface area contributed by atoms with Gasteiger partial charge in [-0.3, -0.25) is 14.4 Å². The molecule has 258 valence electrons. The predicted octanol–water partition coefficient (Wildman–Crippen LogP) is 5.90. The lowest BCUT2D eigenvalue weighted by Gasteiger charge is -2.39. The van der Waals surface area contributed by atoms with E-state index in [1.54, 1.807) is 26.9 Å². The van der Waals surface area contributed by atoms with Crippen molar-refractivity contribution in [2.24, 2.45) is 11.8 Å². The summed E-state index contributed by atoms with van der Waals surface area (Å²) >= 11 is 0. The minimum absolute atomic E-state index is 0.207. The second-order valence-corrected chi connectivity index (χ2v) is 13.3. The van der Waals surface area contributed by atoms with Crippen LogP contribution in [0, 0.1) is 11.8 Å². The molecule has 3 aliphatic heterocycles. The number of hydrogen-bond donors (Lipinski definition) is 1. The second kappa shape index (κ2) is 13.8. The standard InChI is InChI=1S/C40H47N3O6/c1-6-23-41(30-17-19-32(20-18-30)48-10-5)36(45)33-34-37(46)43(29(8-3)26-44)35(40(34)22-21-39(33,9-4)49-40)38(47)42(24-7-2)31-16-15-27-13-11-12-14-28(27)25-31/h6-7,11-20,25,29,33-35,44H,1-2,8-10,21-24,26H2,3-5H3/t29-,33-,34-,35?,39+,40?/m0/s1. The molecule has 2 unspecified atom stereocenters. The summed E-state index contributed by atoms with van der Waals surface area (Å²) < 4.78 is 12.7. The molecule has 2 bridgehead atoms. The van der Waals surface area contributed by atoms with Crippen LogP contribution in [0.25, 0.3) is 10.8 Å². The van der Waals surface area contributed by atoms with E-state index in [1.807, 2.05) is 87.5 Å². The van der Waals surface area contributed by atoms with E-state index in [2.05, 4.69) is 13.2 Å². The Labute approximate surface area is 288 Å². The molecule has 3 fully saturated rings. The van der Waals surface area contributed by atoms with Crippen molar-refractivity contribution >= 4 is 39.9 Å². The number of ether oxygens (including phenoxy) is 2. The fraction of sp³-hybridized carbons (Fsp3) is 0.425. The zero-order chi connectivity index (χ0) is 34.9. The molecule has 3 aromatic rings. The van der Waals surface area contributed by atoms with Crippen LogP contribution in [-0.2, 0) is 19.1 Å². The van der Waals surface area contributed by atoms with Gasteiger partial charge in [-0.2, -0.15) is 0 Å². The van der Waals surface area contributed by atoms with Gasteiger partial charge in [0, 0.05) is 24.5 Å². The molecule has 6 rings (SSSR count). The summed E-state index contributed by atoms with van der Waals surface area (Å²) in [6.07, 6.45) is 5.24. The zero-order valence-corrected chi connectivity index (χ0v) is 28.7. The monoisotopic (exact) mass is 665 g/mol. The maximum absolute atomic E-state index is 15.1. The Kier molecular flexibility index (Phi) is 9.69. The average Bonchev–Trinajstić information content (AvgIpc) is 3.73. The van der Waals surface area contributed by atoms with Gasteiger partial charge in [-0.15, -0.1) is 13.2 Å². The normalized spacial score (nSPS) is 26.0. The van der Waals surface area contributed by atoms with Crippen molar-refractivity contribution in [1.82, 2.24) is 4.90 Å². The van der Waals surface area contributed by atoms with Gasteiger partial charge in [0.05, 0.1) is 36.7 Å². The summed E-state index contributed by atoms with van der Waals surface area (Å²) in [7, 11) is 0. The highest BCUT2D eigenvalue weighted by Gasteiger charge is 2.79. The Hall–Kier alpha value is -4.47. The lowest BCUT2D eigenvalue weighted by Crippen LogP contribution is -2.59. The first-order chi connectivity index (χ1) is 23.7. The molecule has 3 heterocycles. The molecule has 3 saturated heterocycles. The van der Waals surface area contributed by atoms with Gasteiger partial charge in [0.2, 0.25) is 11.8 Å². The Morgan fingerprint density at radius 1 is 0.959 bits per heavy atom. The number of likely N-dealkylation sites (tertiary alicyclic amines) is 1. The van der Waals surface area contributed by atoms with Gasteiger partial charge in [-0.1, -0.05) is 56.3 Å².